The number of rotatable bonds is 6. The molecular weight excluding hydrogens is 356 g/mol. The van der Waals surface area contributed by atoms with Crippen molar-refractivity contribution in [3.05, 3.63) is 59.7 Å². The second-order valence-corrected chi connectivity index (χ2v) is 8.03. The number of nitriles is 1. The lowest BCUT2D eigenvalue weighted by atomic mass is 10.1. The third kappa shape index (κ3) is 3.41. The number of unbranched alkanes of at least 4 members (excludes halogenated alkanes) is 1. The molecule has 0 aliphatic rings. The molecule has 128 valence electrons. The van der Waals surface area contributed by atoms with Crippen LogP contribution in [-0.4, -0.2) is 19.3 Å². The summed E-state index contributed by atoms with van der Waals surface area (Å²) in [7, 11) is -3.66. The fourth-order valence-electron chi connectivity index (χ4n) is 2.88. The molecule has 0 saturated carbocycles. The van der Waals surface area contributed by atoms with Crippen LogP contribution in [0.1, 0.15) is 24.0 Å². The number of alkyl halides is 1. The zero-order valence-electron chi connectivity index (χ0n) is 13.5. The normalized spacial score (nSPS) is 11.5. The molecule has 1 N–H and O–H groups in total. The number of halogens is 1. The quantitative estimate of drug-likeness (QED) is 0.513. The van der Waals surface area contributed by atoms with Crippen molar-refractivity contribution in [2.24, 2.45) is 0 Å². The first-order valence-electron chi connectivity index (χ1n) is 7.98. The molecule has 1 aromatic heterocycles. The molecule has 25 heavy (non-hydrogen) atoms. The van der Waals surface area contributed by atoms with E-state index in [9.17, 15) is 8.42 Å². The summed E-state index contributed by atoms with van der Waals surface area (Å²) in [6.45, 7) is 0. The first-order chi connectivity index (χ1) is 12.1. The number of hydrogen-bond donors (Lipinski definition) is 1. The molecule has 3 rings (SSSR count). The Morgan fingerprint density at radius 1 is 1.08 bits per heavy atom. The van der Waals surface area contributed by atoms with E-state index >= 15 is 0 Å². The van der Waals surface area contributed by atoms with Crippen LogP contribution in [0.25, 0.3) is 10.9 Å². The Labute approximate surface area is 152 Å². The Bertz CT molecular complexity index is 1030. The molecular formula is C19H17ClN2O2S. The smallest absolute Gasteiger partial charge is 0.222 e. The van der Waals surface area contributed by atoms with Gasteiger partial charge in [-0.15, -0.1) is 11.6 Å². The minimum atomic E-state index is -3.66. The van der Waals surface area contributed by atoms with Gasteiger partial charge in [0.15, 0.2) is 0 Å². The van der Waals surface area contributed by atoms with E-state index in [0.717, 1.165) is 29.3 Å². The predicted octanol–water partition coefficient (Wildman–Crippen LogP) is 4.43. The maximum absolute atomic E-state index is 13.1. The fourth-order valence-corrected chi connectivity index (χ4v) is 4.60. The van der Waals surface area contributed by atoms with Crippen molar-refractivity contribution in [3.8, 4) is 6.07 Å². The van der Waals surface area contributed by atoms with E-state index < -0.39 is 9.84 Å². The van der Waals surface area contributed by atoms with E-state index in [1.54, 1.807) is 48.5 Å². The van der Waals surface area contributed by atoms with E-state index in [2.05, 4.69) is 11.1 Å². The molecule has 4 nitrogen and oxygen atoms in total. The van der Waals surface area contributed by atoms with Crippen molar-refractivity contribution < 1.29 is 8.42 Å². The standard InChI is InChI=1S/C19H17ClN2O2S/c20-11-5-4-8-16-17-12-14(13-21)9-10-18(17)22-19(16)25(23,24)15-6-2-1-3-7-15/h1-3,6-7,9-10,12,22H,4-5,8,11H2. The van der Waals surface area contributed by atoms with Crippen LogP contribution in [0.4, 0.5) is 0 Å². The molecule has 0 aliphatic heterocycles. The van der Waals surface area contributed by atoms with Crippen molar-refractivity contribution in [1.29, 1.82) is 5.26 Å². The lowest BCUT2D eigenvalue weighted by molar-refractivity contribution is 0.591. The van der Waals surface area contributed by atoms with Gasteiger partial charge in [-0.05, 0) is 55.2 Å². The van der Waals surface area contributed by atoms with E-state index in [4.69, 9.17) is 16.9 Å². The van der Waals surface area contributed by atoms with Gasteiger partial charge in [0, 0.05) is 16.8 Å². The monoisotopic (exact) mass is 372 g/mol. The van der Waals surface area contributed by atoms with Crippen molar-refractivity contribution in [2.45, 2.75) is 29.2 Å². The van der Waals surface area contributed by atoms with Crippen molar-refractivity contribution in [2.75, 3.05) is 5.88 Å². The fraction of sp³-hybridized carbons (Fsp3) is 0.211. The topological polar surface area (TPSA) is 73.7 Å². The second kappa shape index (κ2) is 7.30. The van der Waals surface area contributed by atoms with Gasteiger partial charge < -0.3 is 4.98 Å². The zero-order valence-corrected chi connectivity index (χ0v) is 15.1. The van der Waals surface area contributed by atoms with Crippen molar-refractivity contribution in [1.82, 2.24) is 4.98 Å². The van der Waals surface area contributed by atoms with Gasteiger partial charge in [-0.1, -0.05) is 18.2 Å². The number of fused-ring (bicyclic) bond motifs is 1. The van der Waals surface area contributed by atoms with Crippen LogP contribution >= 0.6 is 11.6 Å². The number of benzene rings is 2. The number of hydrogen-bond acceptors (Lipinski definition) is 3. The van der Waals surface area contributed by atoms with Crippen LogP contribution in [0.15, 0.2) is 58.5 Å². The van der Waals surface area contributed by atoms with Crippen molar-refractivity contribution >= 4 is 32.3 Å². The lowest BCUT2D eigenvalue weighted by Crippen LogP contribution is -2.05. The summed E-state index contributed by atoms with van der Waals surface area (Å²) in [5.41, 5.74) is 1.95. The van der Waals surface area contributed by atoms with E-state index in [0.29, 0.717) is 17.9 Å². The molecule has 6 heteroatoms. The summed E-state index contributed by atoms with van der Waals surface area (Å²) >= 11 is 5.76. The number of aryl methyl sites for hydroxylation is 1. The minimum absolute atomic E-state index is 0.207. The van der Waals surface area contributed by atoms with Gasteiger partial charge in [0.2, 0.25) is 9.84 Å². The second-order valence-electron chi connectivity index (χ2n) is 5.77. The van der Waals surface area contributed by atoms with Gasteiger partial charge in [0.25, 0.3) is 0 Å². The molecule has 0 saturated heterocycles. The molecule has 1 heterocycles. The van der Waals surface area contributed by atoms with Gasteiger partial charge in [-0.3, -0.25) is 0 Å². The Kier molecular flexibility index (Phi) is 5.12. The molecule has 0 aliphatic carbocycles. The Morgan fingerprint density at radius 2 is 1.84 bits per heavy atom. The van der Waals surface area contributed by atoms with Crippen LogP contribution in [0.5, 0.6) is 0 Å². The average molecular weight is 373 g/mol. The lowest BCUT2D eigenvalue weighted by Gasteiger charge is -2.06. The molecule has 0 spiro atoms. The number of nitrogens with one attached hydrogen (secondary N) is 1. The molecule has 3 aromatic rings. The Morgan fingerprint density at radius 3 is 2.52 bits per heavy atom. The molecule has 0 bridgehead atoms. The predicted molar refractivity (Wildman–Crippen MR) is 98.6 cm³/mol. The third-order valence-electron chi connectivity index (χ3n) is 4.13. The SMILES string of the molecule is N#Cc1ccc2[nH]c(S(=O)(=O)c3ccccc3)c(CCCCCl)c2c1. The zero-order chi connectivity index (χ0) is 17.9. The number of aromatic amines is 1. The summed E-state index contributed by atoms with van der Waals surface area (Å²) in [6, 6.07) is 15.7. The highest BCUT2D eigenvalue weighted by atomic mass is 35.5. The number of aromatic nitrogens is 1. The first-order valence-corrected chi connectivity index (χ1v) is 10.0. The summed E-state index contributed by atoms with van der Waals surface area (Å²) in [5, 5.41) is 10.1. The molecule has 0 amide bonds. The maximum Gasteiger partial charge on any atom is 0.222 e. The van der Waals surface area contributed by atoms with E-state index in [-0.39, 0.29) is 9.92 Å². The van der Waals surface area contributed by atoms with E-state index in [1.165, 1.54) is 0 Å². The highest BCUT2D eigenvalue weighted by Crippen LogP contribution is 2.31. The third-order valence-corrected chi connectivity index (χ3v) is 6.17. The number of nitrogens with zero attached hydrogens (tertiary/aromatic N) is 1. The highest BCUT2D eigenvalue weighted by molar-refractivity contribution is 7.91. The molecule has 0 radical (unpaired) electrons. The van der Waals surface area contributed by atoms with Crippen LogP contribution in [-0.2, 0) is 16.3 Å². The Balaban J connectivity index is 2.20. The molecule has 0 unspecified atom stereocenters. The van der Waals surface area contributed by atoms with Gasteiger partial charge in [-0.25, -0.2) is 8.42 Å². The summed E-state index contributed by atoms with van der Waals surface area (Å²) in [5.74, 6) is 0.534. The molecule has 2 aromatic carbocycles. The first kappa shape index (κ1) is 17.5. The average Bonchev–Trinajstić information content (AvgIpc) is 3.01. The highest BCUT2D eigenvalue weighted by Gasteiger charge is 2.25. The van der Waals surface area contributed by atoms with Gasteiger partial charge >= 0.3 is 0 Å². The Hall–Kier alpha value is -2.29. The summed E-state index contributed by atoms with van der Waals surface area (Å²) in [4.78, 5) is 3.30. The van der Waals surface area contributed by atoms with Gasteiger partial charge in [0.05, 0.1) is 16.5 Å². The number of sulfone groups is 1. The van der Waals surface area contributed by atoms with Gasteiger partial charge in [-0.2, -0.15) is 5.26 Å². The summed E-state index contributed by atoms with van der Waals surface area (Å²) < 4.78 is 26.2. The maximum atomic E-state index is 13.1. The molecule has 0 fully saturated rings. The van der Waals surface area contributed by atoms with Crippen LogP contribution in [0.3, 0.4) is 0 Å². The van der Waals surface area contributed by atoms with E-state index in [1.807, 2.05) is 0 Å². The summed E-state index contributed by atoms with van der Waals surface area (Å²) in [6.07, 6.45) is 2.17. The van der Waals surface area contributed by atoms with Gasteiger partial charge in [0.1, 0.15) is 5.03 Å². The van der Waals surface area contributed by atoms with Crippen molar-refractivity contribution in [3.63, 3.8) is 0 Å². The van der Waals surface area contributed by atoms with Crippen LogP contribution < -0.4 is 0 Å². The molecule has 0 atom stereocenters. The largest absolute Gasteiger partial charge is 0.345 e. The van der Waals surface area contributed by atoms with Crippen LogP contribution in [0.2, 0.25) is 0 Å². The number of H-pyrrole nitrogens is 1. The minimum Gasteiger partial charge on any atom is -0.345 e. The van der Waals surface area contributed by atoms with Crippen LogP contribution in [0, 0.1) is 11.3 Å².